The number of nitrogens with two attached hydrogens (primary N) is 1. The van der Waals surface area contributed by atoms with E-state index in [-0.39, 0.29) is 11.4 Å². The molecule has 2 N–H and O–H groups in total. The predicted molar refractivity (Wildman–Crippen MR) is 60.4 cm³/mol. The Labute approximate surface area is 96.3 Å². The summed E-state index contributed by atoms with van der Waals surface area (Å²) in [6, 6.07) is 3.80. The highest BCUT2D eigenvalue weighted by molar-refractivity contribution is 7.80. The molecule has 0 aromatic heterocycles. The van der Waals surface area contributed by atoms with Gasteiger partial charge in [0.15, 0.2) is 0 Å². The van der Waals surface area contributed by atoms with Crippen LogP contribution in [0.15, 0.2) is 24.3 Å². The van der Waals surface area contributed by atoms with Gasteiger partial charge in [-0.3, -0.25) is 0 Å². The topological polar surface area (TPSA) is 35.2 Å². The first-order valence-electron chi connectivity index (χ1n) is 4.35. The molecule has 0 saturated heterocycles. The number of hydrogen-bond donors (Lipinski definition) is 2. The van der Waals surface area contributed by atoms with E-state index in [1.54, 1.807) is 12.2 Å². The lowest BCUT2D eigenvalue weighted by Crippen LogP contribution is -2.17. The van der Waals surface area contributed by atoms with Gasteiger partial charge in [0.1, 0.15) is 5.75 Å². The molecule has 0 radical (unpaired) electrons. The number of nitrogen functional groups attached to an aromatic ring is 1. The van der Waals surface area contributed by atoms with Crippen LogP contribution in [-0.4, -0.2) is 12.1 Å². The van der Waals surface area contributed by atoms with Crippen LogP contribution in [-0.2, 0) is 0 Å². The van der Waals surface area contributed by atoms with Crippen LogP contribution in [0.3, 0.4) is 0 Å². The monoisotopic (exact) mass is 249 g/mol. The van der Waals surface area contributed by atoms with Gasteiger partial charge in [-0.15, -0.1) is 13.2 Å². The van der Waals surface area contributed by atoms with Gasteiger partial charge < -0.3 is 10.5 Å². The van der Waals surface area contributed by atoms with Crippen molar-refractivity contribution in [2.75, 3.05) is 11.5 Å². The number of thiol groups is 1. The standard InChI is InChI=1S/C10H10F3NOS/c11-10(12,13)15-8-4-3-7(2-1-5-16)9(14)6-8/h1-4,6,16H,5,14H2. The Bertz CT molecular complexity index is 390. The summed E-state index contributed by atoms with van der Waals surface area (Å²) in [5.74, 6) is 0.202. The molecule has 0 amide bonds. The SMILES string of the molecule is Nc1cc(OC(F)(F)F)ccc1C=CCS. The van der Waals surface area contributed by atoms with E-state index >= 15 is 0 Å². The van der Waals surface area contributed by atoms with Crippen LogP contribution in [0.25, 0.3) is 6.08 Å². The first-order chi connectivity index (χ1) is 7.42. The van der Waals surface area contributed by atoms with Crippen LogP contribution in [0.2, 0.25) is 0 Å². The molecule has 0 unspecified atom stereocenters. The van der Waals surface area contributed by atoms with Gasteiger partial charge in [-0.05, 0) is 17.7 Å². The van der Waals surface area contributed by atoms with Crippen molar-refractivity contribution in [3.8, 4) is 5.75 Å². The molecule has 0 fully saturated rings. The normalized spacial score (nSPS) is 12.0. The molecular formula is C10H10F3NOS. The van der Waals surface area contributed by atoms with Crippen molar-refractivity contribution in [1.29, 1.82) is 0 Å². The second-order valence-corrected chi connectivity index (χ2v) is 3.29. The molecule has 0 aliphatic rings. The van der Waals surface area contributed by atoms with Gasteiger partial charge in [-0.2, -0.15) is 12.6 Å². The molecule has 0 spiro atoms. The van der Waals surface area contributed by atoms with E-state index in [4.69, 9.17) is 5.73 Å². The summed E-state index contributed by atoms with van der Waals surface area (Å²) in [7, 11) is 0. The molecule has 0 aliphatic carbocycles. The zero-order valence-electron chi connectivity index (χ0n) is 8.16. The van der Waals surface area contributed by atoms with Gasteiger partial charge in [-0.1, -0.05) is 12.2 Å². The Morgan fingerprint density at radius 2 is 2.06 bits per heavy atom. The number of hydrogen-bond acceptors (Lipinski definition) is 3. The molecule has 1 aromatic rings. The maximum Gasteiger partial charge on any atom is 0.573 e. The van der Waals surface area contributed by atoms with Gasteiger partial charge in [0, 0.05) is 17.5 Å². The summed E-state index contributed by atoms with van der Waals surface area (Å²) >= 11 is 3.96. The van der Waals surface area contributed by atoms with Crippen molar-refractivity contribution in [2.45, 2.75) is 6.36 Å². The van der Waals surface area contributed by atoms with Gasteiger partial charge in [0.05, 0.1) is 0 Å². The molecule has 88 valence electrons. The fraction of sp³-hybridized carbons (Fsp3) is 0.200. The number of benzene rings is 1. The summed E-state index contributed by atoms with van der Waals surface area (Å²) in [6.07, 6.45) is -1.28. The summed E-state index contributed by atoms with van der Waals surface area (Å²) in [4.78, 5) is 0. The number of halogens is 3. The van der Waals surface area contributed by atoms with E-state index in [2.05, 4.69) is 17.4 Å². The van der Waals surface area contributed by atoms with E-state index in [1.165, 1.54) is 12.1 Å². The average molecular weight is 249 g/mol. The molecule has 0 atom stereocenters. The fourth-order valence-corrected chi connectivity index (χ4v) is 1.19. The maximum atomic E-state index is 11.9. The number of anilines is 1. The first kappa shape index (κ1) is 12.8. The van der Waals surface area contributed by atoms with Crippen LogP contribution in [0.1, 0.15) is 5.56 Å². The largest absolute Gasteiger partial charge is 0.573 e. The number of rotatable bonds is 3. The molecule has 0 saturated carbocycles. The molecule has 2 nitrogen and oxygen atoms in total. The van der Waals surface area contributed by atoms with E-state index in [1.807, 2.05) is 0 Å². The first-order valence-corrected chi connectivity index (χ1v) is 4.98. The Morgan fingerprint density at radius 3 is 2.56 bits per heavy atom. The fourth-order valence-electron chi connectivity index (χ4n) is 1.08. The summed E-state index contributed by atoms with van der Waals surface area (Å²) in [5.41, 5.74) is 6.41. The van der Waals surface area contributed by atoms with Crippen molar-refractivity contribution in [2.24, 2.45) is 0 Å². The third-order valence-corrected chi connectivity index (χ3v) is 1.91. The smallest absolute Gasteiger partial charge is 0.406 e. The lowest BCUT2D eigenvalue weighted by atomic mass is 10.1. The molecule has 0 bridgehead atoms. The summed E-state index contributed by atoms with van der Waals surface area (Å²) < 4.78 is 39.4. The quantitative estimate of drug-likeness (QED) is 0.637. The number of alkyl halides is 3. The van der Waals surface area contributed by atoms with Crippen LogP contribution in [0, 0.1) is 0 Å². The highest BCUT2D eigenvalue weighted by Crippen LogP contribution is 2.26. The van der Waals surface area contributed by atoms with Crippen molar-refractivity contribution in [3.63, 3.8) is 0 Å². The van der Waals surface area contributed by atoms with Gasteiger partial charge >= 0.3 is 6.36 Å². The third-order valence-electron chi connectivity index (χ3n) is 1.69. The van der Waals surface area contributed by atoms with E-state index in [9.17, 15) is 13.2 Å². The van der Waals surface area contributed by atoms with Crippen molar-refractivity contribution < 1.29 is 17.9 Å². The Balaban J connectivity index is 2.87. The average Bonchev–Trinajstić information content (AvgIpc) is 2.14. The number of ether oxygens (including phenoxy) is 1. The summed E-state index contributed by atoms with van der Waals surface area (Å²) in [5, 5.41) is 0. The molecule has 1 rings (SSSR count). The zero-order valence-corrected chi connectivity index (χ0v) is 9.05. The minimum atomic E-state index is -4.70. The Kier molecular flexibility index (Phi) is 4.12. The predicted octanol–water partition coefficient (Wildman–Crippen LogP) is 3.11. The van der Waals surface area contributed by atoms with Crippen LogP contribution >= 0.6 is 12.6 Å². The van der Waals surface area contributed by atoms with Gasteiger partial charge in [0.2, 0.25) is 0 Å². The molecule has 6 heteroatoms. The second kappa shape index (κ2) is 5.16. The van der Waals surface area contributed by atoms with E-state index in [0.717, 1.165) is 6.07 Å². The zero-order chi connectivity index (χ0) is 12.2. The third kappa shape index (κ3) is 4.06. The minimum Gasteiger partial charge on any atom is -0.406 e. The second-order valence-electron chi connectivity index (χ2n) is 2.92. The van der Waals surface area contributed by atoms with Crippen molar-refractivity contribution in [1.82, 2.24) is 0 Å². The summed E-state index contributed by atoms with van der Waals surface area (Å²) in [6.45, 7) is 0. The molecule has 0 aliphatic heterocycles. The lowest BCUT2D eigenvalue weighted by molar-refractivity contribution is -0.274. The molecule has 0 heterocycles. The van der Waals surface area contributed by atoms with E-state index in [0.29, 0.717) is 11.3 Å². The van der Waals surface area contributed by atoms with Crippen LogP contribution < -0.4 is 10.5 Å². The lowest BCUT2D eigenvalue weighted by Gasteiger charge is -2.10. The highest BCUT2D eigenvalue weighted by Gasteiger charge is 2.31. The molecule has 16 heavy (non-hydrogen) atoms. The highest BCUT2D eigenvalue weighted by atomic mass is 32.1. The minimum absolute atomic E-state index is 0.222. The maximum absolute atomic E-state index is 11.9. The molecular weight excluding hydrogens is 239 g/mol. The van der Waals surface area contributed by atoms with E-state index < -0.39 is 6.36 Å². The van der Waals surface area contributed by atoms with Crippen LogP contribution in [0.5, 0.6) is 5.75 Å². The van der Waals surface area contributed by atoms with Gasteiger partial charge in [-0.25, -0.2) is 0 Å². The van der Waals surface area contributed by atoms with Crippen molar-refractivity contribution in [3.05, 3.63) is 29.8 Å². The van der Waals surface area contributed by atoms with Crippen LogP contribution in [0.4, 0.5) is 18.9 Å². The Morgan fingerprint density at radius 1 is 1.38 bits per heavy atom. The van der Waals surface area contributed by atoms with Crippen molar-refractivity contribution >= 4 is 24.4 Å². The Hall–Kier alpha value is -1.30. The van der Waals surface area contributed by atoms with Gasteiger partial charge in [0.25, 0.3) is 0 Å². The molecule has 1 aromatic carbocycles.